The third kappa shape index (κ3) is 4.51. The highest BCUT2D eigenvalue weighted by Gasteiger charge is 2.25. The zero-order valence-electron chi connectivity index (χ0n) is 15.2. The molecule has 1 unspecified atom stereocenters. The summed E-state index contributed by atoms with van der Waals surface area (Å²) in [6.07, 6.45) is 2.36. The standard InChI is InChI=1S/C20H25N3O2S/c1-14-5-6-15(2)17(11-14)22-20(25)19(24)21-12-18(16-7-10-26-13-16)23-8-3-4-9-23/h5-7,10-11,13,18H,3-4,8-9,12H2,1-2H3,(H,21,24)(H,22,25). The van der Waals surface area contributed by atoms with Gasteiger partial charge in [0.2, 0.25) is 0 Å². The molecule has 0 aliphatic carbocycles. The summed E-state index contributed by atoms with van der Waals surface area (Å²) in [6, 6.07) is 8.01. The summed E-state index contributed by atoms with van der Waals surface area (Å²) in [4.78, 5) is 26.9. The van der Waals surface area contributed by atoms with Crippen LogP contribution in [0.1, 0.15) is 35.6 Å². The molecule has 26 heavy (non-hydrogen) atoms. The lowest BCUT2D eigenvalue weighted by atomic mass is 10.1. The van der Waals surface area contributed by atoms with Crippen LogP contribution in [0.4, 0.5) is 5.69 Å². The van der Waals surface area contributed by atoms with Crippen LogP contribution in [0.3, 0.4) is 0 Å². The van der Waals surface area contributed by atoms with Gasteiger partial charge in [-0.1, -0.05) is 12.1 Å². The van der Waals surface area contributed by atoms with Gasteiger partial charge in [0, 0.05) is 12.2 Å². The zero-order valence-corrected chi connectivity index (χ0v) is 16.1. The Labute approximate surface area is 158 Å². The van der Waals surface area contributed by atoms with Crippen LogP contribution in [0.15, 0.2) is 35.0 Å². The van der Waals surface area contributed by atoms with Crippen molar-refractivity contribution in [3.63, 3.8) is 0 Å². The molecular weight excluding hydrogens is 346 g/mol. The second kappa shape index (κ2) is 8.47. The number of nitrogens with one attached hydrogen (secondary N) is 2. The minimum absolute atomic E-state index is 0.126. The van der Waals surface area contributed by atoms with Crippen LogP contribution in [-0.4, -0.2) is 36.3 Å². The fraction of sp³-hybridized carbons (Fsp3) is 0.400. The van der Waals surface area contributed by atoms with Gasteiger partial charge in [0.15, 0.2) is 0 Å². The monoisotopic (exact) mass is 371 g/mol. The lowest BCUT2D eigenvalue weighted by Crippen LogP contribution is -2.41. The van der Waals surface area contributed by atoms with Crippen molar-refractivity contribution in [2.45, 2.75) is 32.7 Å². The third-order valence-electron chi connectivity index (χ3n) is 4.81. The Kier molecular flexibility index (Phi) is 6.06. The number of hydrogen-bond acceptors (Lipinski definition) is 4. The first-order valence-corrected chi connectivity index (χ1v) is 9.91. The number of carbonyl (C=O) groups excluding carboxylic acids is 2. The quantitative estimate of drug-likeness (QED) is 0.793. The lowest BCUT2D eigenvalue weighted by molar-refractivity contribution is -0.136. The average molecular weight is 372 g/mol. The van der Waals surface area contributed by atoms with E-state index < -0.39 is 11.8 Å². The highest BCUT2D eigenvalue weighted by molar-refractivity contribution is 7.08. The first-order valence-electron chi connectivity index (χ1n) is 8.97. The van der Waals surface area contributed by atoms with Gasteiger partial charge < -0.3 is 10.6 Å². The number of amides is 2. The molecule has 1 saturated heterocycles. The Morgan fingerprint density at radius 2 is 1.92 bits per heavy atom. The molecule has 0 radical (unpaired) electrons. The van der Waals surface area contributed by atoms with Crippen LogP contribution in [0, 0.1) is 13.8 Å². The second-order valence-electron chi connectivity index (χ2n) is 6.80. The maximum absolute atomic E-state index is 12.3. The Balaban J connectivity index is 1.61. The van der Waals surface area contributed by atoms with Gasteiger partial charge in [-0.15, -0.1) is 0 Å². The third-order valence-corrected chi connectivity index (χ3v) is 5.51. The molecule has 1 aliphatic heterocycles. The molecule has 1 atom stereocenters. The summed E-state index contributed by atoms with van der Waals surface area (Å²) in [7, 11) is 0. The van der Waals surface area contributed by atoms with Crippen molar-refractivity contribution in [2.75, 3.05) is 25.0 Å². The van der Waals surface area contributed by atoms with Crippen LogP contribution < -0.4 is 10.6 Å². The predicted octanol–water partition coefficient (Wildman–Crippen LogP) is 3.26. The molecule has 2 heterocycles. The molecular formula is C20H25N3O2S. The molecule has 2 aromatic rings. The smallest absolute Gasteiger partial charge is 0.313 e. The largest absolute Gasteiger partial charge is 0.346 e. The Hall–Kier alpha value is -2.18. The van der Waals surface area contributed by atoms with Crippen molar-refractivity contribution < 1.29 is 9.59 Å². The van der Waals surface area contributed by atoms with Gasteiger partial charge in [-0.25, -0.2) is 0 Å². The van der Waals surface area contributed by atoms with Crippen LogP contribution in [0.5, 0.6) is 0 Å². The van der Waals surface area contributed by atoms with E-state index in [0.29, 0.717) is 12.2 Å². The number of aryl methyl sites for hydroxylation is 2. The summed E-state index contributed by atoms with van der Waals surface area (Å²) in [6.45, 7) is 6.37. The van der Waals surface area contributed by atoms with Gasteiger partial charge in [0.1, 0.15) is 0 Å². The average Bonchev–Trinajstić information content (AvgIpc) is 3.32. The number of nitrogens with zero attached hydrogens (tertiary/aromatic N) is 1. The molecule has 1 aromatic heterocycles. The summed E-state index contributed by atoms with van der Waals surface area (Å²) >= 11 is 1.65. The van der Waals surface area contributed by atoms with Gasteiger partial charge in [-0.2, -0.15) is 11.3 Å². The van der Waals surface area contributed by atoms with E-state index in [2.05, 4.69) is 27.0 Å². The first kappa shape index (κ1) is 18.6. The topological polar surface area (TPSA) is 61.4 Å². The van der Waals surface area contributed by atoms with E-state index in [1.54, 1.807) is 11.3 Å². The van der Waals surface area contributed by atoms with Crippen molar-refractivity contribution in [1.29, 1.82) is 0 Å². The summed E-state index contributed by atoms with van der Waals surface area (Å²) < 4.78 is 0. The Morgan fingerprint density at radius 1 is 1.15 bits per heavy atom. The fourth-order valence-electron chi connectivity index (χ4n) is 3.29. The Morgan fingerprint density at radius 3 is 2.62 bits per heavy atom. The second-order valence-corrected chi connectivity index (χ2v) is 7.58. The maximum Gasteiger partial charge on any atom is 0.313 e. The van der Waals surface area contributed by atoms with E-state index in [9.17, 15) is 9.59 Å². The Bertz CT molecular complexity index is 767. The van der Waals surface area contributed by atoms with Gasteiger partial charge >= 0.3 is 11.8 Å². The minimum atomic E-state index is -0.621. The zero-order chi connectivity index (χ0) is 18.5. The van der Waals surface area contributed by atoms with E-state index >= 15 is 0 Å². The summed E-state index contributed by atoms with van der Waals surface area (Å²) in [5.74, 6) is -1.21. The van der Waals surface area contributed by atoms with Crippen molar-refractivity contribution in [3.05, 3.63) is 51.7 Å². The van der Waals surface area contributed by atoms with E-state index in [4.69, 9.17) is 0 Å². The summed E-state index contributed by atoms with van der Waals surface area (Å²) in [5, 5.41) is 9.70. The van der Waals surface area contributed by atoms with Gasteiger partial charge in [0.05, 0.1) is 6.04 Å². The number of rotatable bonds is 5. The number of anilines is 1. The molecule has 0 bridgehead atoms. The molecule has 1 aromatic carbocycles. The van der Waals surface area contributed by atoms with Crippen molar-refractivity contribution in [2.24, 2.45) is 0 Å². The van der Waals surface area contributed by atoms with E-state index in [0.717, 1.165) is 24.2 Å². The normalized spacial score (nSPS) is 15.6. The molecule has 3 rings (SSSR count). The highest BCUT2D eigenvalue weighted by atomic mass is 32.1. The van der Waals surface area contributed by atoms with Crippen molar-refractivity contribution in [1.82, 2.24) is 10.2 Å². The number of hydrogen-bond donors (Lipinski definition) is 2. The number of thiophene rings is 1. The summed E-state index contributed by atoms with van der Waals surface area (Å²) in [5.41, 5.74) is 3.86. The maximum atomic E-state index is 12.3. The van der Waals surface area contributed by atoms with Gasteiger partial charge in [-0.05, 0) is 79.4 Å². The molecule has 1 fully saturated rings. The SMILES string of the molecule is Cc1ccc(C)c(NC(=O)C(=O)NCC(c2ccsc2)N2CCCC2)c1. The van der Waals surface area contributed by atoms with Crippen LogP contribution in [0.25, 0.3) is 0 Å². The van der Waals surface area contributed by atoms with E-state index in [1.807, 2.05) is 37.4 Å². The molecule has 6 heteroatoms. The number of benzene rings is 1. The molecule has 1 aliphatic rings. The molecule has 0 spiro atoms. The predicted molar refractivity (Wildman–Crippen MR) is 105 cm³/mol. The van der Waals surface area contributed by atoms with E-state index in [1.165, 1.54) is 18.4 Å². The molecule has 2 amide bonds. The minimum Gasteiger partial charge on any atom is -0.346 e. The van der Waals surface area contributed by atoms with E-state index in [-0.39, 0.29) is 6.04 Å². The van der Waals surface area contributed by atoms with Crippen LogP contribution >= 0.6 is 11.3 Å². The number of likely N-dealkylation sites (tertiary alicyclic amines) is 1. The van der Waals surface area contributed by atoms with Gasteiger partial charge in [-0.3, -0.25) is 14.5 Å². The van der Waals surface area contributed by atoms with Crippen LogP contribution in [-0.2, 0) is 9.59 Å². The molecule has 5 nitrogen and oxygen atoms in total. The molecule has 2 N–H and O–H groups in total. The molecule has 138 valence electrons. The lowest BCUT2D eigenvalue weighted by Gasteiger charge is -2.27. The van der Waals surface area contributed by atoms with Crippen LogP contribution in [0.2, 0.25) is 0 Å². The fourth-order valence-corrected chi connectivity index (χ4v) is 4.00. The number of carbonyl (C=O) groups is 2. The van der Waals surface area contributed by atoms with Crippen molar-refractivity contribution in [3.8, 4) is 0 Å². The molecule has 0 saturated carbocycles. The first-order chi connectivity index (χ1) is 12.5. The van der Waals surface area contributed by atoms with Gasteiger partial charge in [0.25, 0.3) is 0 Å². The van der Waals surface area contributed by atoms with Crippen molar-refractivity contribution >= 4 is 28.8 Å². The highest BCUT2D eigenvalue weighted by Crippen LogP contribution is 2.26.